The van der Waals surface area contributed by atoms with Crippen molar-refractivity contribution in [1.82, 2.24) is 0 Å². The monoisotopic (exact) mass is 260 g/mol. The normalized spacial score (nSPS) is 9.95. The quantitative estimate of drug-likeness (QED) is 0.774. The fourth-order valence-corrected chi connectivity index (χ4v) is 1.80. The summed E-state index contributed by atoms with van der Waals surface area (Å²) >= 11 is 0. The highest BCUT2D eigenvalue weighted by atomic mass is 16.5. The minimum atomic E-state index is -1.14. The minimum absolute atomic E-state index is 0.457. The number of hydrogen-bond acceptors (Lipinski definition) is 3. The number of carboxylic acid groups (broad SMARTS) is 1. The highest BCUT2D eigenvalue weighted by Crippen LogP contribution is 2.29. The van der Waals surface area contributed by atoms with Crippen LogP contribution in [0.4, 0.5) is 21.0 Å². The topological polar surface area (TPSA) is 87.7 Å². The molecule has 0 radical (unpaired) electrons. The van der Waals surface area contributed by atoms with Gasteiger partial charge in [0.05, 0.1) is 18.5 Å². The molecule has 3 N–H and O–H groups in total. The standard InChI is InChI=1S/C13H12N2O4/c1-19-13(18)15-11-7-3-4-8-9(11)5-2-6-10(8)14-12(16)17/h2-7,14H,1H3,(H,15,18)(H,16,17). The zero-order valence-electron chi connectivity index (χ0n) is 10.1. The van der Waals surface area contributed by atoms with Crippen molar-refractivity contribution in [1.29, 1.82) is 0 Å². The maximum atomic E-state index is 11.2. The highest BCUT2D eigenvalue weighted by Gasteiger charge is 2.08. The lowest BCUT2D eigenvalue weighted by atomic mass is 10.1. The van der Waals surface area contributed by atoms with Gasteiger partial charge < -0.3 is 9.84 Å². The number of carbonyl (C=O) groups is 2. The summed E-state index contributed by atoms with van der Waals surface area (Å²) in [6.45, 7) is 0. The molecule has 2 aromatic carbocycles. The SMILES string of the molecule is COC(=O)Nc1cccc2c(NC(=O)O)cccc12. The van der Waals surface area contributed by atoms with Crippen molar-refractivity contribution >= 4 is 34.3 Å². The van der Waals surface area contributed by atoms with Crippen molar-refractivity contribution in [3.05, 3.63) is 36.4 Å². The van der Waals surface area contributed by atoms with Crippen molar-refractivity contribution in [3.63, 3.8) is 0 Å². The second kappa shape index (κ2) is 5.26. The summed E-state index contributed by atoms with van der Waals surface area (Å²) in [5.41, 5.74) is 1.01. The van der Waals surface area contributed by atoms with Gasteiger partial charge in [-0.2, -0.15) is 0 Å². The number of amides is 2. The van der Waals surface area contributed by atoms with Gasteiger partial charge in [-0.1, -0.05) is 24.3 Å². The molecule has 0 heterocycles. The maximum Gasteiger partial charge on any atom is 0.411 e. The summed E-state index contributed by atoms with van der Waals surface area (Å²) in [6, 6.07) is 10.3. The molecule has 2 rings (SSSR count). The molecule has 2 aromatic rings. The van der Waals surface area contributed by atoms with Crippen molar-refractivity contribution in [2.24, 2.45) is 0 Å². The van der Waals surface area contributed by atoms with Crippen molar-refractivity contribution < 1.29 is 19.4 Å². The lowest BCUT2D eigenvalue weighted by Crippen LogP contribution is -2.11. The van der Waals surface area contributed by atoms with E-state index in [9.17, 15) is 9.59 Å². The molecule has 0 spiro atoms. The molecule has 0 aliphatic heterocycles. The van der Waals surface area contributed by atoms with Crippen LogP contribution in [0.3, 0.4) is 0 Å². The molecule has 98 valence electrons. The number of fused-ring (bicyclic) bond motifs is 1. The van der Waals surface area contributed by atoms with Crippen LogP contribution >= 0.6 is 0 Å². The largest absolute Gasteiger partial charge is 0.465 e. The van der Waals surface area contributed by atoms with E-state index >= 15 is 0 Å². The number of ether oxygens (including phenoxy) is 1. The Hall–Kier alpha value is -2.76. The van der Waals surface area contributed by atoms with E-state index in [0.29, 0.717) is 16.8 Å². The molecule has 0 atom stereocenters. The lowest BCUT2D eigenvalue weighted by molar-refractivity contribution is 0.187. The Morgan fingerprint density at radius 3 is 2.00 bits per heavy atom. The molecule has 0 saturated carbocycles. The molecular weight excluding hydrogens is 248 g/mol. The number of nitrogens with one attached hydrogen (secondary N) is 2. The molecule has 0 bridgehead atoms. The van der Waals surface area contributed by atoms with Gasteiger partial charge in [0.25, 0.3) is 0 Å². The molecular formula is C13H12N2O4. The summed E-state index contributed by atoms with van der Waals surface area (Å²) in [7, 11) is 1.28. The first kappa shape index (κ1) is 12.7. The zero-order chi connectivity index (χ0) is 13.8. The first-order valence-corrected chi connectivity index (χ1v) is 5.48. The second-order valence-electron chi connectivity index (χ2n) is 3.75. The minimum Gasteiger partial charge on any atom is -0.465 e. The predicted octanol–water partition coefficient (Wildman–Crippen LogP) is 3.11. The van der Waals surface area contributed by atoms with E-state index < -0.39 is 12.2 Å². The smallest absolute Gasteiger partial charge is 0.411 e. The van der Waals surface area contributed by atoms with E-state index in [1.807, 2.05) is 0 Å². The van der Waals surface area contributed by atoms with Crippen molar-refractivity contribution in [2.75, 3.05) is 17.7 Å². The Balaban J connectivity index is 2.50. The molecule has 0 aromatic heterocycles. The van der Waals surface area contributed by atoms with E-state index in [1.165, 1.54) is 7.11 Å². The first-order valence-electron chi connectivity index (χ1n) is 5.48. The third-order valence-corrected chi connectivity index (χ3v) is 2.59. The summed E-state index contributed by atoms with van der Waals surface area (Å²) < 4.78 is 4.54. The van der Waals surface area contributed by atoms with Gasteiger partial charge in [0.2, 0.25) is 0 Å². The van der Waals surface area contributed by atoms with Gasteiger partial charge in [0.15, 0.2) is 0 Å². The Bertz CT molecular complexity index is 640. The third kappa shape index (κ3) is 2.74. The van der Waals surface area contributed by atoms with Crippen LogP contribution in [-0.4, -0.2) is 24.4 Å². The van der Waals surface area contributed by atoms with Gasteiger partial charge >= 0.3 is 12.2 Å². The van der Waals surface area contributed by atoms with Crippen molar-refractivity contribution in [2.45, 2.75) is 0 Å². The summed E-state index contributed by atoms with van der Waals surface area (Å²) in [5.74, 6) is 0. The Kier molecular flexibility index (Phi) is 3.51. The fourth-order valence-electron chi connectivity index (χ4n) is 1.80. The summed E-state index contributed by atoms with van der Waals surface area (Å²) in [5, 5.41) is 15.1. The van der Waals surface area contributed by atoms with E-state index in [-0.39, 0.29) is 0 Å². The number of rotatable bonds is 2. The molecule has 0 fully saturated rings. The van der Waals surface area contributed by atoms with Gasteiger partial charge in [-0.3, -0.25) is 10.6 Å². The molecule has 19 heavy (non-hydrogen) atoms. The van der Waals surface area contributed by atoms with E-state index in [2.05, 4.69) is 15.4 Å². The van der Waals surface area contributed by atoms with E-state index in [1.54, 1.807) is 36.4 Å². The van der Waals surface area contributed by atoms with Gasteiger partial charge in [-0.05, 0) is 12.1 Å². The first-order chi connectivity index (χ1) is 9.11. The highest BCUT2D eigenvalue weighted by molar-refractivity contribution is 6.07. The van der Waals surface area contributed by atoms with Crippen LogP contribution < -0.4 is 10.6 Å². The van der Waals surface area contributed by atoms with Crippen LogP contribution in [0.2, 0.25) is 0 Å². The van der Waals surface area contributed by atoms with Crippen LogP contribution in [0.1, 0.15) is 0 Å². The van der Waals surface area contributed by atoms with Crippen LogP contribution in [0.15, 0.2) is 36.4 Å². The molecule has 0 aliphatic rings. The van der Waals surface area contributed by atoms with Crippen LogP contribution in [0.25, 0.3) is 10.8 Å². The van der Waals surface area contributed by atoms with Gasteiger partial charge in [0.1, 0.15) is 0 Å². The van der Waals surface area contributed by atoms with Crippen LogP contribution in [0, 0.1) is 0 Å². The molecule has 0 unspecified atom stereocenters. The van der Waals surface area contributed by atoms with E-state index in [0.717, 1.165) is 5.39 Å². The van der Waals surface area contributed by atoms with Gasteiger partial charge in [-0.25, -0.2) is 9.59 Å². The predicted molar refractivity (Wildman–Crippen MR) is 71.6 cm³/mol. The maximum absolute atomic E-state index is 11.2. The Morgan fingerprint density at radius 2 is 1.53 bits per heavy atom. The summed E-state index contributed by atoms with van der Waals surface area (Å²) in [6.07, 6.45) is -1.72. The summed E-state index contributed by atoms with van der Waals surface area (Å²) in [4.78, 5) is 22.0. The zero-order valence-corrected chi connectivity index (χ0v) is 10.1. The Morgan fingerprint density at radius 1 is 1.00 bits per heavy atom. The molecule has 0 aliphatic carbocycles. The number of methoxy groups -OCH3 is 1. The average molecular weight is 260 g/mol. The van der Waals surface area contributed by atoms with Gasteiger partial charge in [0, 0.05) is 10.8 Å². The number of carbonyl (C=O) groups excluding carboxylic acids is 1. The number of benzene rings is 2. The number of anilines is 2. The van der Waals surface area contributed by atoms with Crippen molar-refractivity contribution in [3.8, 4) is 0 Å². The lowest BCUT2D eigenvalue weighted by Gasteiger charge is -2.10. The van der Waals surface area contributed by atoms with E-state index in [4.69, 9.17) is 5.11 Å². The molecule has 6 nitrogen and oxygen atoms in total. The van der Waals surface area contributed by atoms with Crippen LogP contribution in [0.5, 0.6) is 0 Å². The fraction of sp³-hybridized carbons (Fsp3) is 0.0769. The molecule has 2 amide bonds. The van der Waals surface area contributed by atoms with Crippen LogP contribution in [-0.2, 0) is 4.74 Å². The van der Waals surface area contributed by atoms with Gasteiger partial charge in [-0.15, -0.1) is 0 Å². The molecule has 0 saturated heterocycles. The third-order valence-electron chi connectivity index (χ3n) is 2.59. The Labute approximate surface area is 109 Å². The number of hydrogen-bond donors (Lipinski definition) is 3. The molecule has 6 heteroatoms. The average Bonchev–Trinajstić information content (AvgIpc) is 2.39. The second-order valence-corrected chi connectivity index (χ2v) is 3.75.